The fourth-order valence-corrected chi connectivity index (χ4v) is 3.73. The molecule has 1 aromatic heterocycles. The van der Waals surface area contributed by atoms with Gasteiger partial charge in [-0.05, 0) is 42.7 Å². The Balaban J connectivity index is 1.75. The molecule has 1 aliphatic rings. The van der Waals surface area contributed by atoms with Gasteiger partial charge in [0.1, 0.15) is 30.5 Å². The van der Waals surface area contributed by atoms with E-state index in [-0.39, 0.29) is 0 Å². The second-order valence-corrected chi connectivity index (χ2v) is 7.70. The molecule has 0 aliphatic carbocycles. The summed E-state index contributed by atoms with van der Waals surface area (Å²) in [5.74, 6) is 5.85. The number of ether oxygens (including phenoxy) is 1. The molecule has 30 heavy (non-hydrogen) atoms. The highest BCUT2D eigenvalue weighted by atomic mass is 16.5. The SMILES string of the molecule is Cc1ccc(C)c(-c2cc(C#C[C@H]3O[C@H](CO)[C@@H](O)[C@H](O)[C@@H]3O)c3[nH]ncc3c2)c1. The largest absolute Gasteiger partial charge is 0.394 e. The van der Waals surface area contributed by atoms with E-state index in [2.05, 4.69) is 40.2 Å². The maximum atomic E-state index is 10.2. The number of nitrogens with zero attached hydrogens (tertiary/aromatic N) is 1. The molecule has 0 spiro atoms. The van der Waals surface area contributed by atoms with Crippen LogP contribution in [0.15, 0.2) is 36.5 Å². The second-order valence-electron chi connectivity index (χ2n) is 7.70. The van der Waals surface area contributed by atoms with Gasteiger partial charge in [0.25, 0.3) is 0 Å². The number of hydrogen-bond acceptors (Lipinski definition) is 6. The van der Waals surface area contributed by atoms with Crippen molar-refractivity contribution in [3.05, 3.63) is 53.2 Å². The number of hydrogen-bond donors (Lipinski definition) is 5. The third-order valence-electron chi connectivity index (χ3n) is 5.49. The van der Waals surface area contributed by atoms with Crippen LogP contribution in [0.2, 0.25) is 0 Å². The van der Waals surface area contributed by atoms with Crippen LogP contribution in [-0.4, -0.2) is 67.8 Å². The highest BCUT2D eigenvalue weighted by Gasteiger charge is 2.42. The van der Waals surface area contributed by atoms with Crippen LogP contribution in [0.3, 0.4) is 0 Å². The lowest BCUT2D eigenvalue weighted by atomic mass is 9.94. The fraction of sp³-hybridized carbons (Fsp3) is 0.348. The highest BCUT2D eigenvalue weighted by Crippen LogP contribution is 2.29. The molecular formula is C23H24N2O5. The van der Waals surface area contributed by atoms with Crippen molar-refractivity contribution < 1.29 is 25.2 Å². The Hall–Kier alpha value is -2.73. The lowest BCUT2D eigenvalue weighted by Crippen LogP contribution is -2.58. The van der Waals surface area contributed by atoms with E-state index >= 15 is 0 Å². The van der Waals surface area contributed by atoms with Gasteiger partial charge in [-0.15, -0.1) is 0 Å². The van der Waals surface area contributed by atoms with Crippen LogP contribution < -0.4 is 0 Å². The third-order valence-corrected chi connectivity index (χ3v) is 5.49. The standard InChI is InChI=1S/C23H24N2O5/c1-12-3-4-13(2)17(7-12)15-8-14(20-16(9-15)10-24-25-20)5-6-18-21(27)23(29)22(28)19(11-26)30-18/h3-4,7-10,18-19,21-23,26-29H,11H2,1-2H3,(H,24,25)/t18-,19-,21-,22-,23-/m1/s1. The molecule has 2 aromatic carbocycles. The average molecular weight is 408 g/mol. The zero-order chi connectivity index (χ0) is 21.4. The first kappa shape index (κ1) is 20.5. The Kier molecular flexibility index (Phi) is 5.60. The Morgan fingerprint density at radius 3 is 2.63 bits per heavy atom. The van der Waals surface area contributed by atoms with Gasteiger partial charge in [-0.25, -0.2) is 0 Å². The predicted molar refractivity (Wildman–Crippen MR) is 112 cm³/mol. The molecule has 3 aromatic rings. The van der Waals surface area contributed by atoms with E-state index in [1.54, 1.807) is 6.20 Å². The van der Waals surface area contributed by atoms with Crippen molar-refractivity contribution in [3.8, 4) is 23.0 Å². The minimum atomic E-state index is -1.45. The summed E-state index contributed by atoms with van der Waals surface area (Å²) < 4.78 is 5.49. The second kappa shape index (κ2) is 8.19. The number of aromatic amines is 1. The molecule has 1 aliphatic heterocycles. The number of aliphatic hydroxyl groups is 4. The molecule has 156 valence electrons. The smallest absolute Gasteiger partial charge is 0.147 e. The Bertz CT molecular complexity index is 1130. The van der Waals surface area contributed by atoms with Crippen molar-refractivity contribution in [2.45, 2.75) is 44.4 Å². The van der Waals surface area contributed by atoms with Crippen molar-refractivity contribution in [3.63, 3.8) is 0 Å². The summed E-state index contributed by atoms with van der Waals surface area (Å²) in [5, 5.41) is 47.4. The minimum Gasteiger partial charge on any atom is -0.394 e. The molecule has 0 unspecified atom stereocenters. The Morgan fingerprint density at radius 2 is 1.87 bits per heavy atom. The number of fused-ring (bicyclic) bond motifs is 1. The van der Waals surface area contributed by atoms with Crippen LogP contribution in [0, 0.1) is 25.7 Å². The van der Waals surface area contributed by atoms with Gasteiger partial charge in [0.15, 0.2) is 0 Å². The van der Waals surface area contributed by atoms with Crippen LogP contribution in [0.4, 0.5) is 0 Å². The van der Waals surface area contributed by atoms with E-state index in [0.29, 0.717) is 5.56 Å². The quantitative estimate of drug-likeness (QED) is 0.405. The summed E-state index contributed by atoms with van der Waals surface area (Å²) in [6.07, 6.45) is -4.57. The van der Waals surface area contributed by atoms with E-state index in [9.17, 15) is 20.4 Å². The summed E-state index contributed by atoms with van der Waals surface area (Å²) in [6.45, 7) is 3.60. The van der Waals surface area contributed by atoms with Crippen LogP contribution in [0.5, 0.6) is 0 Å². The minimum absolute atomic E-state index is 0.490. The van der Waals surface area contributed by atoms with Gasteiger partial charge in [-0.3, -0.25) is 5.10 Å². The lowest BCUT2D eigenvalue weighted by Gasteiger charge is -2.37. The molecule has 2 heterocycles. The lowest BCUT2D eigenvalue weighted by molar-refractivity contribution is -0.214. The zero-order valence-electron chi connectivity index (χ0n) is 16.7. The van der Waals surface area contributed by atoms with Crippen molar-refractivity contribution in [1.82, 2.24) is 10.2 Å². The molecule has 4 rings (SSSR count). The first-order chi connectivity index (χ1) is 14.4. The van der Waals surface area contributed by atoms with Crippen molar-refractivity contribution in [2.75, 3.05) is 6.61 Å². The first-order valence-corrected chi connectivity index (χ1v) is 9.76. The monoisotopic (exact) mass is 408 g/mol. The van der Waals surface area contributed by atoms with Gasteiger partial charge in [0.2, 0.25) is 0 Å². The Morgan fingerprint density at radius 1 is 1.07 bits per heavy atom. The van der Waals surface area contributed by atoms with Gasteiger partial charge in [0.05, 0.1) is 23.9 Å². The normalized spacial score (nSPS) is 26.4. The van der Waals surface area contributed by atoms with Crippen molar-refractivity contribution in [1.29, 1.82) is 0 Å². The van der Waals surface area contributed by atoms with Gasteiger partial charge in [-0.1, -0.05) is 35.6 Å². The Labute approximate surface area is 174 Å². The number of aromatic nitrogens is 2. The molecule has 5 N–H and O–H groups in total. The summed E-state index contributed by atoms with van der Waals surface area (Å²) in [7, 11) is 0. The van der Waals surface area contributed by atoms with Gasteiger partial charge in [0, 0.05) is 5.39 Å². The summed E-state index contributed by atoms with van der Waals surface area (Å²) >= 11 is 0. The number of rotatable bonds is 2. The molecule has 5 atom stereocenters. The first-order valence-electron chi connectivity index (χ1n) is 9.76. The topological polar surface area (TPSA) is 119 Å². The highest BCUT2D eigenvalue weighted by molar-refractivity contribution is 5.90. The number of aryl methyl sites for hydroxylation is 2. The van der Waals surface area contributed by atoms with E-state index < -0.39 is 37.1 Å². The maximum absolute atomic E-state index is 10.2. The third kappa shape index (κ3) is 3.72. The fourth-order valence-electron chi connectivity index (χ4n) is 3.73. The molecule has 0 amide bonds. The van der Waals surface area contributed by atoms with Crippen molar-refractivity contribution >= 4 is 10.9 Å². The van der Waals surface area contributed by atoms with Gasteiger partial charge < -0.3 is 25.2 Å². The summed E-state index contributed by atoms with van der Waals surface area (Å²) in [5.41, 5.74) is 5.78. The number of aliphatic hydroxyl groups excluding tert-OH is 4. The number of H-pyrrole nitrogens is 1. The predicted octanol–water partition coefficient (Wildman–Crippen LogP) is 1.04. The molecule has 0 radical (unpaired) electrons. The molecule has 0 bridgehead atoms. The maximum Gasteiger partial charge on any atom is 0.147 e. The molecule has 0 saturated carbocycles. The number of benzene rings is 2. The molecule has 7 nitrogen and oxygen atoms in total. The summed E-state index contributed by atoms with van der Waals surface area (Å²) in [6, 6.07) is 10.2. The molecule has 1 fully saturated rings. The van der Waals surface area contributed by atoms with Gasteiger partial charge in [-0.2, -0.15) is 5.10 Å². The zero-order valence-corrected chi connectivity index (χ0v) is 16.7. The molecule has 7 heteroatoms. The van der Waals surface area contributed by atoms with Gasteiger partial charge >= 0.3 is 0 Å². The van der Waals surface area contributed by atoms with Crippen molar-refractivity contribution in [2.24, 2.45) is 0 Å². The van der Waals surface area contributed by atoms with E-state index in [0.717, 1.165) is 33.2 Å². The van der Waals surface area contributed by atoms with Crippen LogP contribution in [0.25, 0.3) is 22.0 Å². The van der Waals surface area contributed by atoms with E-state index in [1.165, 1.54) is 0 Å². The van der Waals surface area contributed by atoms with Crippen LogP contribution in [-0.2, 0) is 4.74 Å². The number of nitrogens with one attached hydrogen (secondary N) is 1. The molecule has 1 saturated heterocycles. The van der Waals surface area contributed by atoms with E-state index in [1.807, 2.05) is 26.0 Å². The van der Waals surface area contributed by atoms with E-state index in [4.69, 9.17) is 4.74 Å². The average Bonchev–Trinajstić information content (AvgIpc) is 3.22. The summed E-state index contributed by atoms with van der Waals surface area (Å²) in [4.78, 5) is 0. The van der Waals surface area contributed by atoms with Crippen LogP contribution in [0.1, 0.15) is 16.7 Å². The van der Waals surface area contributed by atoms with Crippen LogP contribution >= 0.6 is 0 Å². The molecular weight excluding hydrogens is 384 g/mol.